The Morgan fingerprint density at radius 3 is 2.12 bits per heavy atom. The van der Waals surface area contributed by atoms with E-state index in [4.69, 9.17) is 8.92 Å². The van der Waals surface area contributed by atoms with Gasteiger partial charge in [-0.2, -0.15) is 21.1 Å². The summed E-state index contributed by atoms with van der Waals surface area (Å²) in [6.07, 6.45) is -0.151. The number of ether oxygens (including phenoxy) is 1. The number of phenolic OH excluding ortho intramolecular Hbond substituents is 1. The molecule has 41 heavy (non-hydrogen) atoms. The van der Waals surface area contributed by atoms with Crippen LogP contribution in [0.25, 0.3) is 0 Å². The molecule has 0 spiro atoms. The van der Waals surface area contributed by atoms with Gasteiger partial charge >= 0.3 is 32.4 Å². The largest absolute Gasteiger partial charge is 0.506 e. The molecule has 15 heteroatoms. The molecule has 0 saturated carbocycles. The first-order valence-corrected chi connectivity index (χ1v) is 19.6. The molecule has 0 radical (unpaired) electrons. The van der Waals surface area contributed by atoms with E-state index in [-0.39, 0.29) is 24.4 Å². The summed E-state index contributed by atoms with van der Waals surface area (Å²) in [5.41, 5.74) is -0.463. The lowest BCUT2D eigenvalue weighted by Gasteiger charge is -2.33. The number of anilines is 1. The third kappa shape index (κ3) is 10.6. The molecule has 0 bridgehead atoms. The molecule has 0 aliphatic carbocycles. The van der Waals surface area contributed by atoms with Crippen molar-refractivity contribution < 1.29 is 45.6 Å². The minimum Gasteiger partial charge on any atom is -0.506 e. The Morgan fingerprint density at radius 1 is 1.00 bits per heavy atom. The Kier molecular flexibility index (Phi) is 10.5. The van der Waals surface area contributed by atoms with E-state index in [0.717, 1.165) is 6.26 Å². The van der Waals surface area contributed by atoms with Gasteiger partial charge in [0.05, 0.1) is 11.9 Å². The second kappa shape index (κ2) is 12.7. The fourth-order valence-corrected chi connectivity index (χ4v) is 6.59. The molecule has 0 fully saturated rings. The molecule has 0 aromatic heterocycles. The molecular formula is C26H38N2O10S2Si. The van der Waals surface area contributed by atoms with Crippen molar-refractivity contribution in [3.8, 4) is 11.5 Å². The number of phenols is 1. The van der Waals surface area contributed by atoms with Crippen molar-refractivity contribution in [2.24, 2.45) is 0 Å². The van der Waals surface area contributed by atoms with Crippen molar-refractivity contribution in [3.63, 3.8) is 0 Å². The van der Waals surface area contributed by atoms with Gasteiger partial charge in [-0.25, -0.2) is 9.10 Å². The van der Waals surface area contributed by atoms with E-state index in [0.29, 0.717) is 25.8 Å². The Morgan fingerprint density at radius 2 is 1.61 bits per heavy atom. The SMILES string of the molecule is CC(C)(C)OC(=O)N(CC[Si](C)(C)C)S(=O)(=O)N(CC(=O)O)c1ccc(Cc2ccccc2OS(C)(=O)=O)cc1O. The predicted molar refractivity (Wildman–Crippen MR) is 158 cm³/mol. The fraction of sp³-hybridized carbons (Fsp3) is 0.462. The van der Waals surface area contributed by atoms with Crippen LogP contribution in [0, 0.1) is 0 Å². The van der Waals surface area contributed by atoms with Crippen LogP contribution >= 0.6 is 0 Å². The minimum atomic E-state index is -4.84. The second-order valence-electron chi connectivity index (χ2n) is 11.7. The summed E-state index contributed by atoms with van der Waals surface area (Å²) in [5, 5.41) is 20.4. The zero-order valence-corrected chi connectivity index (χ0v) is 26.9. The molecule has 0 saturated heterocycles. The zero-order valence-electron chi connectivity index (χ0n) is 24.2. The van der Waals surface area contributed by atoms with Gasteiger partial charge in [0.15, 0.2) is 0 Å². The minimum absolute atomic E-state index is 0.0871. The number of hydrogen-bond donors (Lipinski definition) is 2. The Hall–Kier alpha value is -3.30. The molecule has 0 aliphatic rings. The summed E-state index contributed by atoms with van der Waals surface area (Å²) in [6.45, 7) is 9.39. The maximum atomic E-state index is 13.8. The monoisotopic (exact) mass is 630 g/mol. The number of benzene rings is 2. The molecule has 12 nitrogen and oxygen atoms in total. The highest BCUT2D eigenvalue weighted by molar-refractivity contribution is 7.91. The second-order valence-corrected chi connectivity index (χ2v) is 20.6. The lowest BCUT2D eigenvalue weighted by Crippen LogP contribution is -2.51. The van der Waals surface area contributed by atoms with Crippen molar-refractivity contribution in [2.75, 3.05) is 23.7 Å². The Bertz CT molecular complexity index is 1480. The molecule has 228 valence electrons. The van der Waals surface area contributed by atoms with Crippen LogP contribution in [0.2, 0.25) is 25.7 Å². The van der Waals surface area contributed by atoms with Crippen LogP contribution in [0.5, 0.6) is 11.5 Å². The van der Waals surface area contributed by atoms with Crippen LogP contribution < -0.4 is 8.49 Å². The van der Waals surface area contributed by atoms with Crippen LogP contribution in [0.4, 0.5) is 10.5 Å². The highest BCUT2D eigenvalue weighted by Gasteiger charge is 2.39. The molecule has 0 heterocycles. The van der Waals surface area contributed by atoms with Gasteiger partial charge in [0.25, 0.3) is 0 Å². The maximum absolute atomic E-state index is 13.8. The normalized spacial score (nSPS) is 12.5. The standard InChI is InChI=1S/C26H38N2O10S2Si/c1-26(2,3)37-25(32)27(14-15-41(5,6)7)40(35,36)28(18-24(30)31)21-13-12-19(17-22(21)29)16-20-10-8-9-11-23(20)38-39(4,33)34/h8-13,17,29H,14-16,18H2,1-7H3,(H,30,31). The summed E-state index contributed by atoms with van der Waals surface area (Å²) < 4.78 is 62.3. The van der Waals surface area contributed by atoms with E-state index in [2.05, 4.69) is 0 Å². The third-order valence-corrected chi connectivity index (χ3v) is 9.39. The van der Waals surface area contributed by atoms with Gasteiger partial charge < -0.3 is 19.1 Å². The van der Waals surface area contributed by atoms with E-state index >= 15 is 0 Å². The van der Waals surface area contributed by atoms with Gasteiger partial charge in [0.2, 0.25) is 0 Å². The summed E-state index contributed by atoms with van der Waals surface area (Å²) in [5.74, 6) is -1.99. The molecule has 2 N–H and O–H groups in total. The van der Waals surface area contributed by atoms with E-state index in [1.54, 1.807) is 39.0 Å². The maximum Gasteiger partial charge on any atom is 0.425 e. The number of carbonyl (C=O) groups excluding carboxylic acids is 1. The highest BCUT2D eigenvalue weighted by atomic mass is 32.2. The van der Waals surface area contributed by atoms with Crippen molar-refractivity contribution in [2.45, 2.75) is 58.5 Å². The van der Waals surface area contributed by atoms with E-state index in [1.165, 1.54) is 24.3 Å². The molecule has 2 aromatic rings. The van der Waals surface area contributed by atoms with Gasteiger partial charge in [0, 0.05) is 26.6 Å². The summed E-state index contributed by atoms with van der Waals surface area (Å²) >= 11 is 0. The Labute approximate surface area is 242 Å². The average Bonchev–Trinajstić information content (AvgIpc) is 2.76. The third-order valence-electron chi connectivity index (χ3n) is 5.41. The number of aliphatic carboxylic acids is 1. The van der Waals surface area contributed by atoms with E-state index in [1.807, 2.05) is 19.6 Å². The van der Waals surface area contributed by atoms with Crippen molar-refractivity contribution in [3.05, 3.63) is 53.6 Å². The summed E-state index contributed by atoms with van der Waals surface area (Å²) in [7, 11) is -10.5. The number of para-hydroxylation sites is 1. The quantitative estimate of drug-likeness (QED) is 0.258. The van der Waals surface area contributed by atoms with Crippen molar-refractivity contribution in [1.82, 2.24) is 4.31 Å². The first-order chi connectivity index (χ1) is 18.6. The number of carboxylic acids is 1. The van der Waals surface area contributed by atoms with Crippen molar-refractivity contribution in [1.29, 1.82) is 0 Å². The van der Waals surface area contributed by atoms with Crippen LogP contribution in [-0.4, -0.2) is 76.4 Å². The average molecular weight is 631 g/mol. The van der Waals surface area contributed by atoms with Gasteiger partial charge in [-0.15, -0.1) is 0 Å². The zero-order chi connectivity index (χ0) is 31.4. The fourth-order valence-electron chi connectivity index (χ4n) is 3.59. The molecule has 0 aliphatic heterocycles. The van der Waals surface area contributed by atoms with Gasteiger partial charge in [-0.3, -0.25) is 4.79 Å². The molecule has 0 atom stereocenters. The lowest BCUT2D eigenvalue weighted by atomic mass is 10.0. The molecular weight excluding hydrogens is 593 g/mol. The smallest absolute Gasteiger partial charge is 0.425 e. The molecule has 2 aromatic carbocycles. The van der Waals surface area contributed by atoms with E-state index < -0.39 is 58.4 Å². The molecule has 1 amide bonds. The molecule has 2 rings (SSSR count). The topological polar surface area (TPSA) is 168 Å². The number of amides is 1. The number of aromatic hydroxyl groups is 1. The number of rotatable bonds is 12. The number of carbonyl (C=O) groups is 2. The number of hydrogen-bond acceptors (Lipinski definition) is 9. The predicted octanol–water partition coefficient (Wildman–Crippen LogP) is 4.03. The molecule has 0 unspecified atom stereocenters. The van der Waals surface area contributed by atoms with Gasteiger partial charge in [-0.05, 0) is 50.6 Å². The highest BCUT2D eigenvalue weighted by Crippen LogP contribution is 2.34. The number of nitrogens with zero attached hydrogens (tertiary/aromatic N) is 2. The van der Waals surface area contributed by atoms with Crippen molar-refractivity contribution >= 4 is 46.2 Å². The van der Waals surface area contributed by atoms with E-state index in [9.17, 15) is 36.6 Å². The van der Waals surface area contributed by atoms with Gasteiger partial charge in [0.1, 0.15) is 23.6 Å². The lowest BCUT2D eigenvalue weighted by molar-refractivity contribution is -0.135. The van der Waals surface area contributed by atoms with Crippen LogP contribution in [0.15, 0.2) is 42.5 Å². The first kappa shape index (κ1) is 33.9. The summed E-state index contributed by atoms with van der Waals surface area (Å²) in [6, 6.07) is 10.7. The first-order valence-electron chi connectivity index (χ1n) is 12.6. The van der Waals surface area contributed by atoms with Gasteiger partial charge in [-0.1, -0.05) is 43.9 Å². The number of carboxylic acid groups (broad SMARTS) is 1. The van der Waals surface area contributed by atoms with Crippen LogP contribution in [-0.2, 0) is 36.3 Å². The van der Waals surface area contributed by atoms with Crippen LogP contribution in [0.1, 0.15) is 31.9 Å². The van der Waals surface area contributed by atoms with Crippen LogP contribution in [0.3, 0.4) is 0 Å². The Balaban J connectivity index is 2.54. The summed E-state index contributed by atoms with van der Waals surface area (Å²) in [4.78, 5) is 24.8.